The second kappa shape index (κ2) is 55.4. The molecule has 0 unspecified atom stereocenters. The predicted octanol–water partition coefficient (Wildman–Crippen LogP) is 19.0. The molecule has 0 amide bonds. The molecule has 6 nitrogen and oxygen atoms in total. The average Bonchev–Trinajstić information content (AvgIpc) is 3.33. The molecule has 0 aliphatic carbocycles. The molecule has 0 rings (SSSR count). The molecule has 0 radical (unpaired) electrons. The van der Waals surface area contributed by atoms with Crippen LogP contribution in [0.2, 0.25) is 0 Å². The van der Waals surface area contributed by atoms with Crippen LogP contribution in [0.1, 0.15) is 278 Å². The Kier molecular flexibility index (Phi) is 52.8. The number of carbonyl (C=O) groups excluding carboxylic acids is 3. The van der Waals surface area contributed by atoms with E-state index in [-0.39, 0.29) is 31.1 Å². The molecule has 67 heavy (non-hydrogen) atoms. The summed E-state index contributed by atoms with van der Waals surface area (Å²) in [6, 6.07) is 0. The minimum Gasteiger partial charge on any atom is -0.462 e. The molecule has 0 spiro atoms. The van der Waals surface area contributed by atoms with Gasteiger partial charge in [-0.2, -0.15) is 0 Å². The van der Waals surface area contributed by atoms with Gasteiger partial charge in [-0.15, -0.1) is 0 Å². The second-order valence-electron chi connectivity index (χ2n) is 18.8. The highest BCUT2D eigenvalue weighted by Gasteiger charge is 2.19. The molecule has 6 heteroatoms. The van der Waals surface area contributed by atoms with Crippen molar-refractivity contribution >= 4 is 17.9 Å². The van der Waals surface area contributed by atoms with Crippen LogP contribution in [0, 0.1) is 0 Å². The number of ether oxygens (including phenoxy) is 3. The van der Waals surface area contributed by atoms with E-state index in [0.717, 1.165) is 96.3 Å². The highest BCUT2D eigenvalue weighted by Crippen LogP contribution is 2.16. The summed E-state index contributed by atoms with van der Waals surface area (Å²) in [6.45, 7) is 6.48. The Labute approximate surface area is 414 Å². The summed E-state index contributed by atoms with van der Waals surface area (Å²) < 4.78 is 16.8. The minimum atomic E-state index is -0.795. The largest absolute Gasteiger partial charge is 0.462 e. The molecule has 0 heterocycles. The Morgan fingerprint density at radius 3 is 0.970 bits per heavy atom. The van der Waals surface area contributed by atoms with Gasteiger partial charge in [0.25, 0.3) is 0 Å². The van der Waals surface area contributed by atoms with Crippen molar-refractivity contribution in [1.29, 1.82) is 0 Å². The number of unbranched alkanes of at least 4 members (excludes halogenated alkanes) is 28. The van der Waals surface area contributed by atoms with Crippen LogP contribution in [0.4, 0.5) is 0 Å². The Morgan fingerprint density at radius 1 is 0.313 bits per heavy atom. The van der Waals surface area contributed by atoms with Gasteiger partial charge in [-0.3, -0.25) is 14.4 Å². The smallest absolute Gasteiger partial charge is 0.306 e. The first kappa shape index (κ1) is 63.8. The van der Waals surface area contributed by atoms with Gasteiger partial charge in [-0.25, -0.2) is 0 Å². The summed E-state index contributed by atoms with van der Waals surface area (Å²) in [5, 5.41) is 0. The molecule has 0 fully saturated rings. The zero-order chi connectivity index (χ0) is 48.6. The number of rotatable bonds is 51. The average molecular weight is 936 g/mol. The fourth-order valence-electron chi connectivity index (χ4n) is 7.93. The van der Waals surface area contributed by atoms with E-state index < -0.39 is 6.10 Å². The molecule has 0 aliphatic rings. The molecule has 0 saturated carbocycles. The van der Waals surface area contributed by atoms with E-state index in [1.54, 1.807) is 0 Å². The lowest BCUT2D eigenvalue weighted by molar-refractivity contribution is -0.167. The lowest BCUT2D eigenvalue weighted by Gasteiger charge is -2.18. The molecule has 0 N–H and O–H groups in total. The van der Waals surface area contributed by atoms with Crippen LogP contribution in [0.3, 0.4) is 0 Å². The Bertz CT molecular complexity index is 1260. The van der Waals surface area contributed by atoms with Gasteiger partial charge in [-0.1, -0.05) is 241 Å². The monoisotopic (exact) mass is 935 g/mol. The van der Waals surface area contributed by atoms with Gasteiger partial charge in [0.1, 0.15) is 13.2 Å². The third kappa shape index (κ3) is 53.7. The first-order valence-corrected chi connectivity index (χ1v) is 28.4. The van der Waals surface area contributed by atoms with E-state index in [9.17, 15) is 14.4 Å². The summed E-state index contributed by atoms with van der Waals surface area (Å²) in [6.07, 6.45) is 70.3. The maximum Gasteiger partial charge on any atom is 0.306 e. The van der Waals surface area contributed by atoms with Crippen molar-refractivity contribution in [3.63, 3.8) is 0 Å². The van der Waals surface area contributed by atoms with Gasteiger partial charge < -0.3 is 14.2 Å². The third-order valence-corrected chi connectivity index (χ3v) is 12.2. The van der Waals surface area contributed by atoms with Gasteiger partial charge in [0.2, 0.25) is 0 Å². The second-order valence-corrected chi connectivity index (χ2v) is 18.8. The topological polar surface area (TPSA) is 78.9 Å². The van der Waals surface area contributed by atoms with E-state index >= 15 is 0 Å². The van der Waals surface area contributed by atoms with Crippen molar-refractivity contribution in [2.24, 2.45) is 0 Å². The van der Waals surface area contributed by atoms with Crippen molar-refractivity contribution in [1.82, 2.24) is 0 Å². The quantitative estimate of drug-likeness (QED) is 0.0262. The molecule has 0 aromatic rings. The molecule has 0 bridgehead atoms. The predicted molar refractivity (Wildman–Crippen MR) is 288 cm³/mol. The Balaban J connectivity index is 4.43. The molecular weight excluding hydrogens is 829 g/mol. The van der Waals surface area contributed by atoms with Gasteiger partial charge in [-0.05, 0) is 89.9 Å². The van der Waals surface area contributed by atoms with E-state index in [2.05, 4.69) is 93.7 Å². The maximum atomic E-state index is 12.8. The Morgan fingerprint density at radius 2 is 0.582 bits per heavy atom. The fraction of sp³-hybridized carbons (Fsp3) is 0.754. The summed E-state index contributed by atoms with van der Waals surface area (Å²) in [5.41, 5.74) is 0. The first-order valence-electron chi connectivity index (χ1n) is 28.4. The molecule has 386 valence electrons. The molecule has 0 saturated heterocycles. The standard InChI is InChI=1S/C61H106O6/c1-4-7-10-13-16-19-22-25-28-30-33-36-39-42-45-48-51-54-60(63)66-57-58(56-65-59(62)53-50-47-44-41-38-35-32-27-24-21-18-15-12-9-6-3)67-61(64)55-52-49-46-43-40-37-34-31-29-26-23-20-17-14-11-8-5-2/h9,12,17-18,20-21,26-27,29,32,38,41,58H,4-8,10-11,13-16,19,22-25,28,30-31,33-37,39-40,42-57H2,1-3H3/b12-9-,20-17-,21-18-,29-26-,32-27-,41-38-/t58-/m1/s1. The number of carbonyl (C=O) groups is 3. The SMILES string of the molecule is CC/C=C\C/C=C\C/C=C\C/C=C\CCCCC(=O)OC[C@H](COC(=O)CCCCCCCCCCCCCCCCCCC)OC(=O)CCCCCCCCC/C=C\C/C=C\CCCCC. The number of allylic oxidation sites excluding steroid dienone is 12. The molecule has 0 aliphatic heterocycles. The fourth-order valence-corrected chi connectivity index (χ4v) is 7.93. The van der Waals surface area contributed by atoms with Gasteiger partial charge in [0, 0.05) is 19.3 Å². The highest BCUT2D eigenvalue weighted by molar-refractivity contribution is 5.71. The number of esters is 3. The van der Waals surface area contributed by atoms with E-state index in [1.807, 2.05) is 0 Å². The minimum absolute atomic E-state index is 0.0897. The Hall–Kier alpha value is -3.15. The van der Waals surface area contributed by atoms with Crippen LogP contribution >= 0.6 is 0 Å². The zero-order valence-corrected chi connectivity index (χ0v) is 44.2. The summed E-state index contributed by atoms with van der Waals surface area (Å²) in [7, 11) is 0. The van der Waals surface area contributed by atoms with E-state index in [0.29, 0.717) is 19.3 Å². The lowest BCUT2D eigenvalue weighted by Crippen LogP contribution is -2.30. The van der Waals surface area contributed by atoms with E-state index in [1.165, 1.54) is 141 Å². The van der Waals surface area contributed by atoms with Crippen molar-refractivity contribution in [3.05, 3.63) is 72.9 Å². The number of hydrogen-bond donors (Lipinski definition) is 0. The highest BCUT2D eigenvalue weighted by atomic mass is 16.6. The van der Waals surface area contributed by atoms with Crippen LogP contribution in [-0.4, -0.2) is 37.2 Å². The number of hydrogen-bond acceptors (Lipinski definition) is 6. The van der Waals surface area contributed by atoms with Crippen LogP contribution in [0.5, 0.6) is 0 Å². The van der Waals surface area contributed by atoms with E-state index in [4.69, 9.17) is 14.2 Å². The van der Waals surface area contributed by atoms with Crippen LogP contribution < -0.4 is 0 Å². The third-order valence-electron chi connectivity index (χ3n) is 12.2. The molecule has 0 aromatic heterocycles. The van der Waals surface area contributed by atoms with Crippen LogP contribution in [0.25, 0.3) is 0 Å². The van der Waals surface area contributed by atoms with Gasteiger partial charge in [0.15, 0.2) is 6.10 Å². The van der Waals surface area contributed by atoms with Crippen molar-refractivity contribution in [3.8, 4) is 0 Å². The molecule has 1 atom stereocenters. The van der Waals surface area contributed by atoms with Gasteiger partial charge >= 0.3 is 17.9 Å². The lowest BCUT2D eigenvalue weighted by atomic mass is 10.0. The maximum absolute atomic E-state index is 12.8. The van der Waals surface area contributed by atoms with Crippen LogP contribution in [0.15, 0.2) is 72.9 Å². The normalized spacial score (nSPS) is 12.6. The summed E-state index contributed by atoms with van der Waals surface area (Å²) in [4.78, 5) is 38.1. The first-order chi connectivity index (χ1) is 33.0. The van der Waals surface area contributed by atoms with Crippen molar-refractivity contribution in [2.45, 2.75) is 284 Å². The zero-order valence-electron chi connectivity index (χ0n) is 44.2. The van der Waals surface area contributed by atoms with Crippen molar-refractivity contribution in [2.75, 3.05) is 13.2 Å². The van der Waals surface area contributed by atoms with Crippen molar-refractivity contribution < 1.29 is 28.6 Å². The summed E-state index contributed by atoms with van der Waals surface area (Å²) in [5.74, 6) is -0.932. The molecular formula is C61H106O6. The molecule has 0 aromatic carbocycles. The van der Waals surface area contributed by atoms with Gasteiger partial charge in [0.05, 0.1) is 0 Å². The van der Waals surface area contributed by atoms with Crippen LogP contribution in [-0.2, 0) is 28.6 Å². The summed E-state index contributed by atoms with van der Waals surface area (Å²) >= 11 is 0.